The van der Waals surface area contributed by atoms with Crippen molar-refractivity contribution in [1.29, 1.82) is 0 Å². The number of hydrogen-bond donors (Lipinski definition) is 0. The molecular formula is C28H20FNO3S. The number of carbonyl (C=O) groups excluding carboxylic acids is 2. The molecule has 168 valence electrons. The van der Waals surface area contributed by atoms with Crippen molar-refractivity contribution in [3.8, 4) is 5.75 Å². The highest BCUT2D eigenvalue weighted by Crippen LogP contribution is 2.33. The van der Waals surface area contributed by atoms with E-state index in [-0.39, 0.29) is 6.54 Å². The summed E-state index contributed by atoms with van der Waals surface area (Å²) in [5.41, 5.74) is 2.15. The Morgan fingerprint density at radius 3 is 2.38 bits per heavy atom. The molecule has 34 heavy (non-hydrogen) atoms. The van der Waals surface area contributed by atoms with Gasteiger partial charge in [0.15, 0.2) is 0 Å². The Bertz CT molecular complexity index is 1410. The summed E-state index contributed by atoms with van der Waals surface area (Å²) in [4.78, 5) is 26.4. The van der Waals surface area contributed by atoms with E-state index < -0.39 is 17.0 Å². The van der Waals surface area contributed by atoms with Crippen molar-refractivity contribution >= 4 is 39.8 Å². The summed E-state index contributed by atoms with van der Waals surface area (Å²) in [6.07, 6.45) is 1.67. The topological polar surface area (TPSA) is 46.6 Å². The zero-order valence-corrected chi connectivity index (χ0v) is 18.9. The van der Waals surface area contributed by atoms with Crippen LogP contribution in [-0.4, -0.2) is 16.0 Å². The molecule has 0 spiro atoms. The second-order valence-corrected chi connectivity index (χ2v) is 8.89. The third-order valence-electron chi connectivity index (χ3n) is 5.56. The van der Waals surface area contributed by atoms with Crippen LogP contribution in [0.2, 0.25) is 0 Å². The number of hydrogen-bond acceptors (Lipinski definition) is 4. The van der Waals surface area contributed by atoms with Gasteiger partial charge in [-0.15, -0.1) is 0 Å². The molecule has 2 amide bonds. The zero-order valence-electron chi connectivity index (χ0n) is 18.1. The zero-order chi connectivity index (χ0) is 23.5. The van der Waals surface area contributed by atoms with E-state index >= 15 is 0 Å². The van der Waals surface area contributed by atoms with Crippen LogP contribution in [0.3, 0.4) is 0 Å². The average Bonchev–Trinajstić information content (AvgIpc) is 3.12. The van der Waals surface area contributed by atoms with Gasteiger partial charge < -0.3 is 4.74 Å². The first-order chi connectivity index (χ1) is 16.6. The lowest BCUT2D eigenvalue weighted by molar-refractivity contribution is -0.123. The number of fused-ring (bicyclic) bond motifs is 1. The molecule has 0 radical (unpaired) electrons. The second kappa shape index (κ2) is 9.53. The quantitative estimate of drug-likeness (QED) is 0.292. The molecular weight excluding hydrogens is 449 g/mol. The Balaban J connectivity index is 1.24. The number of amides is 2. The molecule has 1 aliphatic heterocycles. The van der Waals surface area contributed by atoms with Crippen LogP contribution in [0.1, 0.15) is 16.7 Å². The van der Waals surface area contributed by atoms with Crippen molar-refractivity contribution in [1.82, 2.24) is 4.90 Å². The minimum atomic E-state index is -0.440. The largest absolute Gasteiger partial charge is 0.489 e. The number of carbonyl (C=O) groups is 2. The monoisotopic (exact) mass is 469 g/mol. The molecule has 1 saturated heterocycles. The van der Waals surface area contributed by atoms with Crippen molar-refractivity contribution in [2.24, 2.45) is 0 Å². The number of thioether (sulfide) groups is 1. The molecule has 0 unspecified atom stereocenters. The van der Waals surface area contributed by atoms with Gasteiger partial charge in [0.2, 0.25) is 0 Å². The van der Waals surface area contributed by atoms with Crippen molar-refractivity contribution in [3.05, 3.63) is 118 Å². The van der Waals surface area contributed by atoms with Gasteiger partial charge in [-0.2, -0.15) is 0 Å². The number of benzene rings is 4. The van der Waals surface area contributed by atoms with E-state index in [4.69, 9.17) is 4.74 Å². The minimum absolute atomic E-state index is 0.0871. The van der Waals surface area contributed by atoms with E-state index in [1.807, 2.05) is 42.5 Å². The molecule has 4 nitrogen and oxygen atoms in total. The van der Waals surface area contributed by atoms with Crippen molar-refractivity contribution in [3.63, 3.8) is 0 Å². The average molecular weight is 470 g/mol. The van der Waals surface area contributed by atoms with Gasteiger partial charge in [0, 0.05) is 5.56 Å². The molecule has 0 saturated carbocycles. The highest BCUT2D eigenvalue weighted by atomic mass is 32.2. The second-order valence-electron chi connectivity index (χ2n) is 7.90. The summed E-state index contributed by atoms with van der Waals surface area (Å²) in [7, 11) is 0. The van der Waals surface area contributed by atoms with Crippen LogP contribution in [-0.2, 0) is 17.9 Å². The summed E-state index contributed by atoms with van der Waals surface area (Å²) < 4.78 is 19.8. The Morgan fingerprint density at radius 2 is 1.59 bits per heavy atom. The minimum Gasteiger partial charge on any atom is -0.489 e. The first-order valence-corrected chi connectivity index (χ1v) is 11.6. The molecule has 6 heteroatoms. The van der Waals surface area contributed by atoms with Crippen LogP contribution in [0.5, 0.6) is 5.75 Å². The van der Waals surface area contributed by atoms with Gasteiger partial charge in [0.1, 0.15) is 18.2 Å². The van der Waals surface area contributed by atoms with E-state index in [0.717, 1.165) is 27.8 Å². The van der Waals surface area contributed by atoms with Crippen LogP contribution in [0.4, 0.5) is 9.18 Å². The molecule has 1 fully saturated rings. The molecule has 4 aromatic carbocycles. The number of rotatable bonds is 6. The number of nitrogens with zero attached hydrogens (tertiary/aromatic N) is 1. The van der Waals surface area contributed by atoms with Crippen molar-refractivity contribution in [2.75, 3.05) is 0 Å². The van der Waals surface area contributed by atoms with Crippen LogP contribution in [0.25, 0.3) is 16.8 Å². The maximum Gasteiger partial charge on any atom is 0.293 e. The smallest absolute Gasteiger partial charge is 0.293 e. The van der Waals surface area contributed by atoms with Crippen LogP contribution >= 0.6 is 11.8 Å². The fourth-order valence-electron chi connectivity index (χ4n) is 3.74. The predicted octanol–water partition coefficient (Wildman–Crippen LogP) is 6.79. The summed E-state index contributed by atoms with van der Waals surface area (Å²) >= 11 is 0.859. The highest BCUT2D eigenvalue weighted by Gasteiger charge is 2.35. The summed E-state index contributed by atoms with van der Waals surface area (Å²) in [6, 6.07) is 27.9. The predicted molar refractivity (Wildman–Crippen MR) is 133 cm³/mol. The van der Waals surface area contributed by atoms with E-state index in [1.165, 1.54) is 16.8 Å². The van der Waals surface area contributed by atoms with Crippen molar-refractivity contribution in [2.45, 2.75) is 13.2 Å². The third-order valence-corrected chi connectivity index (χ3v) is 6.46. The van der Waals surface area contributed by atoms with Crippen LogP contribution in [0, 0.1) is 5.82 Å². The van der Waals surface area contributed by atoms with Gasteiger partial charge in [0.25, 0.3) is 11.1 Å². The third kappa shape index (κ3) is 4.72. The van der Waals surface area contributed by atoms with Gasteiger partial charge in [-0.1, -0.05) is 66.7 Å². The van der Waals surface area contributed by atoms with Gasteiger partial charge in [-0.25, -0.2) is 4.39 Å². The molecule has 1 heterocycles. The standard InChI is InChI=1S/C28H20FNO3S/c29-25-8-4-3-7-23(25)17-30-27(31)26(34-28(30)32)16-19-10-13-24(14-11-19)33-18-20-9-12-21-5-1-2-6-22(21)15-20/h1-16H,17-18H2/b26-16-. The molecule has 4 aromatic rings. The fourth-order valence-corrected chi connectivity index (χ4v) is 4.58. The van der Waals surface area contributed by atoms with Crippen LogP contribution < -0.4 is 4.74 Å². The Labute approximate surface area is 200 Å². The van der Waals surface area contributed by atoms with Gasteiger partial charge >= 0.3 is 0 Å². The first kappa shape index (κ1) is 21.9. The van der Waals surface area contributed by atoms with E-state index in [2.05, 4.69) is 24.3 Å². The van der Waals surface area contributed by atoms with Crippen molar-refractivity contribution < 1.29 is 18.7 Å². The molecule has 5 rings (SSSR count). The van der Waals surface area contributed by atoms with E-state index in [9.17, 15) is 14.0 Å². The Morgan fingerprint density at radius 1 is 0.853 bits per heavy atom. The van der Waals surface area contributed by atoms with Crippen LogP contribution in [0.15, 0.2) is 95.9 Å². The number of halogens is 1. The fraction of sp³-hybridized carbons (Fsp3) is 0.0714. The Kier molecular flexibility index (Phi) is 6.14. The van der Waals surface area contributed by atoms with Gasteiger partial charge in [-0.05, 0) is 64.0 Å². The Hall–Kier alpha value is -3.90. The lowest BCUT2D eigenvalue weighted by atomic mass is 10.1. The lowest BCUT2D eigenvalue weighted by Gasteiger charge is -2.12. The maximum absolute atomic E-state index is 13.9. The molecule has 0 aliphatic carbocycles. The maximum atomic E-state index is 13.9. The summed E-state index contributed by atoms with van der Waals surface area (Å²) in [6.45, 7) is 0.356. The van der Waals surface area contributed by atoms with E-state index in [0.29, 0.717) is 22.8 Å². The molecule has 1 aliphatic rings. The van der Waals surface area contributed by atoms with Gasteiger partial charge in [-0.3, -0.25) is 14.5 Å². The molecule has 0 bridgehead atoms. The van der Waals surface area contributed by atoms with E-state index in [1.54, 1.807) is 24.3 Å². The van der Waals surface area contributed by atoms with Gasteiger partial charge in [0.05, 0.1) is 11.4 Å². The highest BCUT2D eigenvalue weighted by molar-refractivity contribution is 8.18. The molecule has 0 aromatic heterocycles. The number of ether oxygens (including phenoxy) is 1. The summed E-state index contributed by atoms with van der Waals surface area (Å²) in [5.74, 6) is -0.155. The molecule has 0 atom stereocenters. The normalized spacial score (nSPS) is 14.9. The lowest BCUT2D eigenvalue weighted by Crippen LogP contribution is -2.27. The summed E-state index contributed by atoms with van der Waals surface area (Å²) in [5, 5.41) is 1.95. The SMILES string of the molecule is O=C1S/C(=C\c2ccc(OCc3ccc4ccccc4c3)cc2)C(=O)N1Cc1ccccc1F. The number of imide groups is 1. The first-order valence-electron chi connectivity index (χ1n) is 10.8. The molecule has 0 N–H and O–H groups in total.